The summed E-state index contributed by atoms with van der Waals surface area (Å²) in [7, 11) is 0. The maximum atomic E-state index is 6.09. The van der Waals surface area contributed by atoms with Crippen LogP contribution in [0.1, 0.15) is 23.6 Å². The van der Waals surface area contributed by atoms with E-state index in [1.165, 1.54) is 22.3 Å². The summed E-state index contributed by atoms with van der Waals surface area (Å²) in [6.45, 7) is 2.11. The fourth-order valence-electron chi connectivity index (χ4n) is 3.57. The number of nitrogens with zero attached hydrogens (tertiary/aromatic N) is 1. The first-order valence-corrected chi connectivity index (χ1v) is 7.02. The van der Waals surface area contributed by atoms with Crippen molar-refractivity contribution >= 4 is 0 Å². The molecule has 0 bridgehead atoms. The third-order valence-electron chi connectivity index (χ3n) is 4.42. The lowest BCUT2D eigenvalue weighted by Gasteiger charge is -2.25. The number of hydrogen-bond acceptors (Lipinski definition) is 2. The summed E-state index contributed by atoms with van der Waals surface area (Å²) in [6, 6.07) is 18.3. The molecule has 1 saturated heterocycles. The van der Waals surface area contributed by atoms with E-state index in [0.29, 0.717) is 12.1 Å². The molecule has 1 aliphatic carbocycles. The van der Waals surface area contributed by atoms with Crippen molar-refractivity contribution in [3.05, 3.63) is 59.7 Å². The Morgan fingerprint density at radius 2 is 1.47 bits per heavy atom. The Labute approximate surface area is 113 Å². The van der Waals surface area contributed by atoms with E-state index in [-0.39, 0.29) is 0 Å². The first-order chi connectivity index (χ1) is 9.34. The van der Waals surface area contributed by atoms with Gasteiger partial charge in [-0.25, -0.2) is 0 Å². The van der Waals surface area contributed by atoms with Crippen LogP contribution >= 0.6 is 0 Å². The maximum absolute atomic E-state index is 6.09. The molecule has 1 atom stereocenters. The Kier molecular flexibility index (Phi) is 2.47. The van der Waals surface area contributed by atoms with E-state index in [1.54, 1.807) is 0 Å². The van der Waals surface area contributed by atoms with Gasteiger partial charge >= 0.3 is 0 Å². The first-order valence-electron chi connectivity index (χ1n) is 7.02. The van der Waals surface area contributed by atoms with Crippen molar-refractivity contribution in [2.75, 3.05) is 13.1 Å². The van der Waals surface area contributed by atoms with Gasteiger partial charge < -0.3 is 5.73 Å². The molecule has 1 fully saturated rings. The monoisotopic (exact) mass is 250 g/mol. The highest BCUT2D eigenvalue weighted by molar-refractivity contribution is 5.78. The molecule has 1 aliphatic heterocycles. The SMILES string of the molecule is N[C@@H]1CCN(C2c3ccccc3-c3ccccc32)C1. The van der Waals surface area contributed by atoms with Gasteiger partial charge in [0.1, 0.15) is 0 Å². The molecule has 1 heterocycles. The second kappa shape index (κ2) is 4.19. The van der Waals surface area contributed by atoms with Crippen molar-refractivity contribution in [1.29, 1.82) is 0 Å². The van der Waals surface area contributed by atoms with Gasteiger partial charge in [0.25, 0.3) is 0 Å². The van der Waals surface area contributed by atoms with Gasteiger partial charge in [0.2, 0.25) is 0 Å². The van der Waals surface area contributed by atoms with Crippen LogP contribution in [0, 0.1) is 0 Å². The topological polar surface area (TPSA) is 29.3 Å². The molecule has 4 rings (SSSR count). The summed E-state index contributed by atoms with van der Waals surface area (Å²) < 4.78 is 0. The van der Waals surface area contributed by atoms with Gasteiger partial charge in [-0.2, -0.15) is 0 Å². The highest BCUT2D eigenvalue weighted by Crippen LogP contribution is 2.46. The lowest BCUT2D eigenvalue weighted by molar-refractivity contribution is 0.282. The van der Waals surface area contributed by atoms with E-state index < -0.39 is 0 Å². The van der Waals surface area contributed by atoms with E-state index in [4.69, 9.17) is 5.73 Å². The molecule has 2 nitrogen and oxygen atoms in total. The van der Waals surface area contributed by atoms with Crippen LogP contribution in [0.4, 0.5) is 0 Å². The van der Waals surface area contributed by atoms with E-state index in [1.807, 2.05) is 0 Å². The summed E-state index contributed by atoms with van der Waals surface area (Å²) in [4.78, 5) is 2.54. The number of hydrogen-bond donors (Lipinski definition) is 1. The predicted molar refractivity (Wildman–Crippen MR) is 77.9 cm³/mol. The highest BCUT2D eigenvalue weighted by Gasteiger charge is 2.35. The molecule has 2 aliphatic rings. The minimum absolute atomic E-state index is 0.333. The fraction of sp³-hybridized carbons (Fsp3) is 0.294. The molecule has 96 valence electrons. The van der Waals surface area contributed by atoms with Gasteiger partial charge in [0.15, 0.2) is 0 Å². The first kappa shape index (κ1) is 11.2. The number of rotatable bonds is 1. The normalized spacial score (nSPS) is 22.5. The number of benzene rings is 2. The molecular weight excluding hydrogens is 232 g/mol. The smallest absolute Gasteiger partial charge is 0.0614 e. The molecule has 2 aromatic carbocycles. The highest BCUT2D eigenvalue weighted by atomic mass is 15.2. The fourth-order valence-corrected chi connectivity index (χ4v) is 3.57. The molecular formula is C17H18N2. The molecule has 2 aromatic rings. The van der Waals surface area contributed by atoms with Crippen molar-refractivity contribution in [2.24, 2.45) is 5.73 Å². The van der Waals surface area contributed by atoms with Crippen LogP contribution in [0.15, 0.2) is 48.5 Å². The van der Waals surface area contributed by atoms with Crippen molar-refractivity contribution in [3.63, 3.8) is 0 Å². The molecule has 0 unspecified atom stereocenters. The third-order valence-corrected chi connectivity index (χ3v) is 4.42. The van der Waals surface area contributed by atoms with Crippen LogP contribution in [-0.4, -0.2) is 24.0 Å². The lowest BCUT2D eigenvalue weighted by Crippen LogP contribution is -2.29. The van der Waals surface area contributed by atoms with E-state index in [2.05, 4.69) is 53.4 Å². The number of likely N-dealkylation sites (tertiary alicyclic amines) is 1. The summed E-state index contributed by atoms with van der Waals surface area (Å²) in [5.41, 5.74) is 11.8. The Morgan fingerprint density at radius 3 is 2.00 bits per heavy atom. The number of nitrogens with two attached hydrogens (primary N) is 1. The summed E-state index contributed by atoms with van der Waals surface area (Å²) in [5.74, 6) is 0. The summed E-state index contributed by atoms with van der Waals surface area (Å²) >= 11 is 0. The molecule has 2 N–H and O–H groups in total. The summed E-state index contributed by atoms with van der Waals surface area (Å²) in [5, 5.41) is 0. The zero-order valence-corrected chi connectivity index (χ0v) is 10.9. The van der Waals surface area contributed by atoms with Gasteiger partial charge in [-0.15, -0.1) is 0 Å². The summed E-state index contributed by atoms with van der Waals surface area (Å²) in [6.07, 6.45) is 1.11. The van der Waals surface area contributed by atoms with Gasteiger partial charge in [0, 0.05) is 19.1 Å². The molecule has 0 amide bonds. The average Bonchev–Trinajstić information content (AvgIpc) is 3.00. The van der Waals surface area contributed by atoms with Crippen molar-refractivity contribution in [1.82, 2.24) is 4.90 Å². The van der Waals surface area contributed by atoms with Crippen LogP contribution in [0.5, 0.6) is 0 Å². The third kappa shape index (κ3) is 1.64. The number of fused-ring (bicyclic) bond motifs is 3. The van der Waals surface area contributed by atoms with E-state index in [0.717, 1.165) is 19.5 Å². The second-order valence-electron chi connectivity index (χ2n) is 5.62. The Morgan fingerprint density at radius 1 is 0.895 bits per heavy atom. The molecule has 0 aromatic heterocycles. The molecule has 2 heteroatoms. The minimum Gasteiger partial charge on any atom is -0.326 e. The largest absolute Gasteiger partial charge is 0.326 e. The maximum Gasteiger partial charge on any atom is 0.0614 e. The molecule has 0 saturated carbocycles. The van der Waals surface area contributed by atoms with Crippen LogP contribution < -0.4 is 5.73 Å². The van der Waals surface area contributed by atoms with Gasteiger partial charge in [-0.1, -0.05) is 48.5 Å². The Bertz CT molecular complexity index is 575. The van der Waals surface area contributed by atoms with Gasteiger partial charge in [0.05, 0.1) is 6.04 Å². The van der Waals surface area contributed by atoms with Crippen molar-refractivity contribution in [2.45, 2.75) is 18.5 Å². The Hall–Kier alpha value is -1.64. The average molecular weight is 250 g/mol. The van der Waals surface area contributed by atoms with E-state index in [9.17, 15) is 0 Å². The molecule has 0 spiro atoms. The van der Waals surface area contributed by atoms with Crippen LogP contribution in [0.3, 0.4) is 0 Å². The Balaban J connectivity index is 1.87. The molecule has 0 radical (unpaired) electrons. The minimum atomic E-state index is 0.333. The van der Waals surface area contributed by atoms with Crippen LogP contribution in [-0.2, 0) is 0 Å². The van der Waals surface area contributed by atoms with Crippen LogP contribution in [0.2, 0.25) is 0 Å². The van der Waals surface area contributed by atoms with Gasteiger partial charge in [-0.05, 0) is 28.7 Å². The van der Waals surface area contributed by atoms with E-state index >= 15 is 0 Å². The molecule has 19 heavy (non-hydrogen) atoms. The quantitative estimate of drug-likeness (QED) is 0.843. The van der Waals surface area contributed by atoms with Crippen LogP contribution in [0.25, 0.3) is 11.1 Å². The predicted octanol–water partition coefficient (Wildman–Crippen LogP) is 2.79. The standard InChI is InChI=1S/C17H18N2/c18-12-9-10-19(11-12)17-15-7-3-1-5-13(15)14-6-2-4-8-16(14)17/h1-8,12,17H,9-11,18H2/t12-/m1/s1. The zero-order chi connectivity index (χ0) is 12.8. The lowest BCUT2D eigenvalue weighted by atomic mass is 10.0. The van der Waals surface area contributed by atoms with Crippen molar-refractivity contribution < 1.29 is 0 Å². The van der Waals surface area contributed by atoms with Gasteiger partial charge in [-0.3, -0.25) is 4.90 Å². The zero-order valence-electron chi connectivity index (χ0n) is 10.9. The van der Waals surface area contributed by atoms with Crippen molar-refractivity contribution in [3.8, 4) is 11.1 Å². The second-order valence-corrected chi connectivity index (χ2v) is 5.62.